The zero-order valence-corrected chi connectivity index (χ0v) is 19.4. The molecule has 0 amide bonds. The lowest BCUT2D eigenvalue weighted by Gasteiger charge is -2.11. The van der Waals surface area contributed by atoms with Gasteiger partial charge in [0.05, 0.1) is 18.8 Å². The van der Waals surface area contributed by atoms with Crippen LogP contribution in [0.3, 0.4) is 0 Å². The fraction of sp³-hybridized carbons (Fsp3) is 0.667. The van der Waals surface area contributed by atoms with Crippen LogP contribution in [0.25, 0.3) is 0 Å². The molecule has 27 heavy (non-hydrogen) atoms. The van der Waals surface area contributed by atoms with Crippen molar-refractivity contribution in [1.82, 2.24) is 25.9 Å². The van der Waals surface area contributed by atoms with Gasteiger partial charge in [-0.3, -0.25) is 0 Å². The molecule has 0 aliphatic rings. The van der Waals surface area contributed by atoms with Crippen LogP contribution in [0.5, 0.6) is 0 Å². The number of hydrogen-bond donors (Lipinski definition) is 2. The van der Waals surface area contributed by atoms with Crippen molar-refractivity contribution in [3.8, 4) is 0 Å². The molecule has 0 aliphatic carbocycles. The normalized spacial score (nSPS) is 12.0. The average Bonchev–Trinajstić information content (AvgIpc) is 3.23. The lowest BCUT2D eigenvalue weighted by atomic mass is 9.97. The van der Waals surface area contributed by atoms with E-state index < -0.39 is 0 Å². The first-order chi connectivity index (χ1) is 12.4. The van der Waals surface area contributed by atoms with Crippen LogP contribution in [0.4, 0.5) is 0 Å². The van der Waals surface area contributed by atoms with Crippen molar-refractivity contribution in [2.45, 2.75) is 72.9 Å². The van der Waals surface area contributed by atoms with Gasteiger partial charge in [-0.05, 0) is 13.3 Å². The third-order valence-corrected chi connectivity index (χ3v) is 3.87. The monoisotopic (exact) mass is 490 g/mol. The van der Waals surface area contributed by atoms with Gasteiger partial charge in [0.1, 0.15) is 5.76 Å². The fourth-order valence-electron chi connectivity index (χ4n) is 2.41. The van der Waals surface area contributed by atoms with E-state index in [2.05, 4.69) is 44.8 Å². The summed E-state index contributed by atoms with van der Waals surface area (Å²) in [6.07, 6.45) is 1.64. The highest BCUT2D eigenvalue weighted by molar-refractivity contribution is 14.0. The van der Waals surface area contributed by atoms with Crippen molar-refractivity contribution in [1.29, 1.82) is 0 Å². The number of nitrogens with zero attached hydrogens (tertiary/aromatic N) is 4. The first-order valence-corrected chi connectivity index (χ1v) is 9.20. The van der Waals surface area contributed by atoms with E-state index in [1.807, 2.05) is 27.7 Å². The summed E-state index contributed by atoms with van der Waals surface area (Å²) < 4.78 is 10.7. The maximum Gasteiger partial charge on any atom is 0.232 e. The first-order valence-electron chi connectivity index (χ1n) is 9.20. The van der Waals surface area contributed by atoms with Gasteiger partial charge in [0, 0.05) is 23.9 Å². The molecule has 0 saturated carbocycles. The molecule has 0 bridgehead atoms. The number of aryl methyl sites for hydroxylation is 2. The zero-order chi connectivity index (χ0) is 19.2. The maximum atomic E-state index is 5.40. The Hall–Kier alpha value is -1.65. The summed E-state index contributed by atoms with van der Waals surface area (Å²) in [4.78, 5) is 9.08. The molecule has 0 spiro atoms. The molecule has 9 heteroatoms. The lowest BCUT2D eigenvalue weighted by Crippen LogP contribution is -2.37. The van der Waals surface area contributed by atoms with Crippen molar-refractivity contribution in [3.05, 3.63) is 28.7 Å². The minimum absolute atomic E-state index is 0. The molecule has 2 N–H and O–H groups in total. The van der Waals surface area contributed by atoms with Crippen LogP contribution in [0, 0.1) is 0 Å². The summed E-state index contributed by atoms with van der Waals surface area (Å²) in [7, 11) is 0. The molecule has 2 rings (SSSR count). The molecule has 152 valence electrons. The predicted molar refractivity (Wildman–Crippen MR) is 115 cm³/mol. The molecular weight excluding hydrogens is 459 g/mol. The van der Waals surface area contributed by atoms with E-state index in [9.17, 15) is 0 Å². The van der Waals surface area contributed by atoms with E-state index in [0.717, 1.165) is 36.4 Å². The molecule has 2 heterocycles. The summed E-state index contributed by atoms with van der Waals surface area (Å²) >= 11 is 0. The topological polar surface area (TPSA) is 101 Å². The second-order valence-electron chi connectivity index (χ2n) is 7.05. The molecule has 0 aromatic carbocycles. The molecule has 0 unspecified atom stereocenters. The number of hydrogen-bond acceptors (Lipinski definition) is 6. The smallest absolute Gasteiger partial charge is 0.232 e. The van der Waals surface area contributed by atoms with E-state index in [1.165, 1.54) is 0 Å². The van der Waals surface area contributed by atoms with Gasteiger partial charge in [0.2, 0.25) is 5.89 Å². The lowest BCUT2D eigenvalue weighted by molar-refractivity contribution is 0.318. The van der Waals surface area contributed by atoms with Crippen LogP contribution < -0.4 is 10.6 Å². The highest BCUT2D eigenvalue weighted by Gasteiger charge is 2.21. The number of aromatic nitrogens is 3. The summed E-state index contributed by atoms with van der Waals surface area (Å²) in [6.45, 7) is 14.0. The van der Waals surface area contributed by atoms with Crippen LogP contribution in [-0.2, 0) is 31.3 Å². The molecule has 0 radical (unpaired) electrons. The Morgan fingerprint density at radius 3 is 2.33 bits per heavy atom. The zero-order valence-electron chi connectivity index (χ0n) is 17.0. The number of aliphatic imine (C=N–C) groups is 1. The van der Waals surface area contributed by atoms with Crippen molar-refractivity contribution in [2.24, 2.45) is 4.99 Å². The van der Waals surface area contributed by atoms with E-state index in [-0.39, 0.29) is 29.4 Å². The third-order valence-electron chi connectivity index (χ3n) is 3.87. The Morgan fingerprint density at radius 2 is 1.78 bits per heavy atom. The summed E-state index contributed by atoms with van der Waals surface area (Å²) in [6, 6.07) is 0. The SMILES string of the molecule is CCNC(=NCc1c(CC)noc1CC)NCc1noc(C(C)(C)C)n1.I. The molecule has 0 aliphatic heterocycles. The van der Waals surface area contributed by atoms with Crippen LogP contribution in [0.1, 0.15) is 70.3 Å². The van der Waals surface area contributed by atoms with Gasteiger partial charge in [-0.25, -0.2) is 4.99 Å². The van der Waals surface area contributed by atoms with Gasteiger partial charge in [-0.1, -0.05) is 44.9 Å². The van der Waals surface area contributed by atoms with Gasteiger partial charge in [-0.2, -0.15) is 4.98 Å². The van der Waals surface area contributed by atoms with E-state index in [0.29, 0.717) is 30.8 Å². The standard InChI is InChI=1S/C18H30N6O2.HI/c1-7-13-12(14(8-2)25-23-13)10-20-17(19-9-3)21-11-15-22-16(26-24-15)18(4,5)6;/h7-11H2,1-6H3,(H2,19,20,21);1H. The van der Waals surface area contributed by atoms with Crippen molar-refractivity contribution >= 4 is 29.9 Å². The Morgan fingerprint density at radius 1 is 1.04 bits per heavy atom. The van der Waals surface area contributed by atoms with Gasteiger partial charge in [0.15, 0.2) is 11.8 Å². The van der Waals surface area contributed by atoms with Crippen LogP contribution in [0.2, 0.25) is 0 Å². The van der Waals surface area contributed by atoms with Crippen LogP contribution in [-0.4, -0.2) is 27.8 Å². The highest BCUT2D eigenvalue weighted by Crippen LogP contribution is 2.19. The van der Waals surface area contributed by atoms with E-state index in [4.69, 9.17) is 9.05 Å². The molecule has 8 nitrogen and oxygen atoms in total. The largest absolute Gasteiger partial charge is 0.361 e. The van der Waals surface area contributed by atoms with Crippen molar-refractivity contribution in [2.75, 3.05) is 6.54 Å². The average molecular weight is 490 g/mol. The minimum Gasteiger partial charge on any atom is -0.361 e. The first kappa shape index (κ1) is 23.4. The number of halogens is 1. The van der Waals surface area contributed by atoms with Crippen molar-refractivity contribution < 1.29 is 9.05 Å². The molecule has 2 aromatic heterocycles. The van der Waals surface area contributed by atoms with Crippen LogP contribution in [0.15, 0.2) is 14.0 Å². The Balaban J connectivity index is 0.00000364. The summed E-state index contributed by atoms with van der Waals surface area (Å²) in [5.74, 6) is 2.82. The maximum absolute atomic E-state index is 5.40. The molecule has 0 saturated heterocycles. The number of guanidine groups is 1. The molecule has 2 aromatic rings. The Bertz CT molecular complexity index is 711. The highest BCUT2D eigenvalue weighted by atomic mass is 127. The predicted octanol–water partition coefficient (Wildman–Crippen LogP) is 3.35. The summed E-state index contributed by atoms with van der Waals surface area (Å²) in [5, 5.41) is 14.6. The third kappa shape index (κ3) is 6.47. The quantitative estimate of drug-likeness (QED) is 0.349. The minimum atomic E-state index is -0.161. The molecular formula is C18H31IN6O2. The second-order valence-corrected chi connectivity index (χ2v) is 7.05. The van der Waals surface area contributed by atoms with Crippen LogP contribution >= 0.6 is 24.0 Å². The van der Waals surface area contributed by atoms with Crippen molar-refractivity contribution in [3.63, 3.8) is 0 Å². The van der Waals surface area contributed by atoms with E-state index in [1.54, 1.807) is 0 Å². The molecule has 0 atom stereocenters. The number of nitrogens with one attached hydrogen (secondary N) is 2. The van der Waals surface area contributed by atoms with Gasteiger partial charge < -0.3 is 19.7 Å². The van der Waals surface area contributed by atoms with Gasteiger partial charge in [0.25, 0.3) is 0 Å². The molecule has 0 fully saturated rings. The Kier molecular flexibility index (Phi) is 9.20. The Labute approximate surface area is 178 Å². The fourth-order valence-corrected chi connectivity index (χ4v) is 2.41. The second kappa shape index (κ2) is 10.6. The number of rotatable bonds is 7. The van der Waals surface area contributed by atoms with E-state index >= 15 is 0 Å². The van der Waals surface area contributed by atoms with Gasteiger partial charge in [-0.15, -0.1) is 24.0 Å². The van der Waals surface area contributed by atoms with Gasteiger partial charge >= 0.3 is 0 Å². The summed E-state index contributed by atoms with van der Waals surface area (Å²) in [5.41, 5.74) is 1.88.